The van der Waals surface area contributed by atoms with Crippen molar-refractivity contribution in [3.8, 4) is 0 Å². The van der Waals surface area contributed by atoms with Crippen LogP contribution < -0.4 is 0 Å². The Kier molecular flexibility index (Phi) is 2.08. The molecule has 1 rings (SSSR count). The fourth-order valence-corrected chi connectivity index (χ4v) is 3.14. The molecule has 1 heterocycles. The zero-order valence-corrected chi connectivity index (χ0v) is 5.80. The van der Waals surface area contributed by atoms with Crippen LogP contribution in [0.4, 0.5) is 0 Å². The number of aliphatic carboxylic acids is 1. The standard InChI is InChI=1S/C4H6O2S2/c5-4(6)3-1-2-7-8-3/h3H,1-2H2,(H,5,6)/t3-/m1/s1. The van der Waals surface area contributed by atoms with Crippen molar-refractivity contribution in [2.45, 2.75) is 11.7 Å². The molecule has 1 aliphatic rings. The molecule has 1 fully saturated rings. The van der Waals surface area contributed by atoms with E-state index in [2.05, 4.69) is 0 Å². The number of rotatable bonds is 1. The molecular formula is C4H6O2S2. The highest BCUT2D eigenvalue weighted by atomic mass is 33.1. The van der Waals surface area contributed by atoms with Crippen molar-refractivity contribution in [2.24, 2.45) is 0 Å². The van der Waals surface area contributed by atoms with Gasteiger partial charge in [0.1, 0.15) is 5.25 Å². The van der Waals surface area contributed by atoms with E-state index < -0.39 is 5.97 Å². The third kappa shape index (κ3) is 1.32. The molecule has 0 amide bonds. The number of carboxylic acids is 1. The predicted molar refractivity (Wildman–Crippen MR) is 36.1 cm³/mol. The summed E-state index contributed by atoms with van der Waals surface area (Å²) < 4.78 is 0. The summed E-state index contributed by atoms with van der Waals surface area (Å²) >= 11 is 0. The van der Waals surface area contributed by atoms with E-state index >= 15 is 0 Å². The quantitative estimate of drug-likeness (QED) is 0.570. The maximum absolute atomic E-state index is 10.2. The molecular weight excluding hydrogens is 144 g/mol. The van der Waals surface area contributed by atoms with Crippen LogP contribution in [0.25, 0.3) is 0 Å². The molecule has 0 bridgehead atoms. The lowest BCUT2D eigenvalue weighted by Crippen LogP contribution is -2.11. The maximum atomic E-state index is 10.2. The van der Waals surface area contributed by atoms with Crippen molar-refractivity contribution in [3.63, 3.8) is 0 Å². The Hall–Kier alpha value is 0.170. The van der Waals surface area contributed by atoms with E-state index in [1.54, 1.807) is 10.8 Å². The number of carboxylic acid groups (broad SMARTS) is 1. The van der Waals surface area contributed by atoms with Gasteiger partial charge in [0.25, 0.3) is 0 Å². The SMILES string of the molecule is O=C(O)[C@H]1CCSS1. The van der Waals surface area contributed by atoms with Crippen LogP contribution in [0, 0.1) is 0 Å². The van der Waals surface area contributed by atoms with Crippen LogP contribution in [0.1, 0.15) is 6.42 Å². The average Bonchev–Trinajstić information content (AvgIpc) is 2.12. The van der Waals surface area contributed by atoms with Crippen LogP contribution in [0.2, 0.25) is 0 Å². The van der Waals surface area contributed by atoms with Gasteiger partial charge in [0.2, 0.25) is 0 Å². The van der Waals surface area contributed by atoms with Gasteiger partial charge in [-0.15, -0.1) is 0 Å². The third-order valence-corrected chi connectivity index (χ3v) is 3.74. The number of hydrogen-bond donors (Lipinski definition) is 1. The van der Waals surface area contributed by atoms with E-state index in [9.17, 15) is 4.79 Å². The van der Waals surface area contributed by atoms with Gasteiger partial charge in [0, 0.05) is 5.75 Å². The van der Waals surface area contributed by atoms with Gasteiger partial charge in [0.15, 0.2) is 0 Å². The van der Waals surface area contributed by atoms with E-state index in [1.165, 1.54) is 10.8 Å². The first-order valence-corrected chi connectivity index (χ1v) is 4.70. The van der Waals surface area contributed by atoms with Gasteiger partial charge in [-0.1, -0.05) is 21.6 Å². The van der Waals surface area contributed by atoms with Crippen LogP contribution in [-0.2, 0) is 4.79 Å². The predicted octanol–water partition coefficient (Wildman–Crippen LogP) is 1.22. The van der Waals surface area contributed by atoms with Crippen molar-refractivity contribution >= 4 is 27.6 Å². The molecule has 0 spiro atoms. The lowest BCUT2D eigenvalue weighted by Gasteiger charge is -1.95. The fourth-order valence-electron chi connectivity index (χ4n) is 0.498. The summed E-state index contributed by atoms with van der Waals surface area (Å²) in [6, 6.07) is 0. The molecule has 1 aliphatic heterocycles. The van der Waals surface area contributed by atoms with Crippen molar-refractivity contribution in [1.29, 1.82) is 0 Å². The first kappa shape index (κ1) is 6.29. The molecule has 1 N–H and O–H groups in total. The van der Waals surface area contributed by atoms with Crippen LogP contribution in [-0.4, -0.2) is 22.1 Å². The summed E-state index contributed by atoms with van der Waals surface area (Å²) in [7, 11) is 3.11. The second kappa shape index (κ2) is 2.64. The molecule has 1 saturated heterocycles. The van der Waals surface area contributed by atoms with E-state index in [-0.39, 0.29) is 5.25 Å². The zero-order chi connectivity index (χ0) is 5.98. The van der Waals surface area contributed by atoms with Gasteiger partial charge in [0.05, 0.1) is 0 Å². The van der Waals surface area contributed by atoms with Gasteiger partial charge in [-0.25, -0.2) is 0 Å². The summed E-state index contributed by atoms with van der Waals surface area (Å²) in [5.41, 5.74) is 0. The lowest BCUT2D eigenvalue weighted by atomic mass is 10.3. The van der Waals surface area contributed by atoms with Crippen molar-refractivity contribution in [1.82, 2.24) is 0 Å². The molecule has 0 aromatic heterocycles. The largest absolute Gasteiger partial charge is 0.480 e. The van der Waals surface area contributed by atoms with Crippen LogP contribution >= 0.6 is 21.6 Å². The van der Waals surface area contributed by atoms with Crippen LogP contribution in [0.5, 0.6) is 0 Å². The molecule has 0 aromatic rings. The summed E-state index contributed by atoms with van der Waals surface area (Å²) in [6.45, 7) is 0. The van der Waals surface area contributed by atoms with Gasteiger partial charge in [-0.3, -0.25) is 4.79 Å². The molecule has 0 unspecified atom stereocenters. The van der Waals surface area contributed by atoms with Crippen molar-refractivity contribution in [3.05, 3.63) is 0 Å². The van der Waals surface area contributed by atoms with Crippen molar-refractivity contribution in [2.75, 3.05) is 5.75 Å². The first-order valence-electron chi connectivity index (χ1n) is 2.32. The van der Waals surface area contributed by atoms with E-state index in [1.807, 2.05) is 0 Å². The molecule has 0 saturated carbocycles. The normalized spacial score (nSPS) is 28.2. The molecule has 0 aliphatic carbocycles. The zero-order valence-electron chi connectivity index (χ0n) is 4.16. The van der Waals surface area contributed by atoms with Gasteiger partial charge in [-0.05, 0) is 6.42 Å². The second-order valence-corrected chi connectivity index (χ2v) is 4.22. The maximum Gasteiger partial charge on any atom is 0.317 e. The lowest BCUT2D eigenvalue weighted by molar-refractivity contribution is -0.136. The third-order valence-electron chi connectivity index (χ3n) is 0.923. The Morgan fingerprint density at radius 3 is 2.75 bits per heavy atom. The minimum absolute atomic E-state index is 0.139. The smallest absolute Gasteiger partial charge is 0.317 e. The monoisotopic (exact) mass is 150 g/mol. The Balaban J connectivity index is 2.35. The van der Waals surface area contributed by atoms with Gasteiger partial charge < -0.3 is 5.11 Å². The molecule has 46 valence electrons. The molecule has 1 atom stereocenters. The Bertz CT molecular complexity index is 98.2. The van der Waals surface area contributed by atoms with E-state index in [4.69, 9.17) is 5.11 Å². The number of carbonyl (C=O) groups is 1. The minimum Gasteiger partial charge on any atom is -0.480 e. The number of hydrogen-bond acceptors (Lipinski definition) is 3. The molecule has 0 radical (unpaired) electrons. The fraction of sp³-hybridized carbons (Fsp3) is 0.750. The second-order valence-electron chi connectivity index (χ2n) is 1.53. The van der Waals surface area contributed by atoms with Crippen LogP contribution in [0.15, 0.2) is 0 Å². The summed E-state index contributed by atoms with van der Waals surface area (Å²) in [6.07, 6.45) is 0.824. The van der Waals surface area contributed by atoms with Crippen LogP contribution in [0.3, 0.4) is 0 Å². The first-order chi connectivity index (χ1) is 3.80. The highest BCUT2D eigenvalue weighted by Crippen LogP contribution is 2.37. The van der Waals surface area contributed by atoms with Crippen molar-refractivity contribution < 1.29 is 9.90 Å². The van der Waals surface area contributed by atoms with Gasteiger partial charge in [-0.2, -0.15) is 0 Å². The molecule has 8 heavy (non-hydrogen) atoms. The summed E-state index contributed by atoms with van der Waals surface area (Å²) in [5, 5.41) is 8.24. The minimum atomic E-state index is -0.667. The van der Waals surface area contributed by atoms with E-state index in [0.29, 0.717) is 0 Å². The molecule has 4 heteroatoms. The molecule has 2 nitrogen and oxygen atoms in total. The Morgan fingerprint density at radius 1 is 1.75 bits per heavy atom. The van der Waals surface area contributed by atoms with E-state index in [0.717, 1.165) is 12.2 Å². The molecule has 0 aromatic carbocycles. The average molecular weight is 150 g/mol. The summed E-state index contributed by atoms with van der Waals surface area (Å²) in [4.78, 5) is 10.2. The summed E-state index contributed by atoms with van der Waals surface area (Å²) in [5.74, 6) is 0.321. The Morgan fingerprint density at radius 2 is 2.50 bits per heavy atom. The van der Waals surface area contributed by atoms with Gasteiger partial charge >= 0.3 is 5.97 Å². The Labute approximate surface area is 55.4 Å². The topological polar surface area (TPSA) is 37.3 Å². The highest BCUT2D eigenvalue weighted by molar-refractivity contribution is 8.77. The highest BCUT2D eigenvalue weighted by Gasteiger charge is 2.22.